The van der Waals surface area contributed by atoms with Gasteiger partial charge < -0.3 is 10.6 Å². The van der Waals surface area contributed by atoms with Gasteiger partial charge in [0, 0.05) is 18.7 Å². The molecule has 162 valence electrons. The third-order valence-corrected chi connectivity index (χ3v) is 5.25. The summed E-state index contributed by atoms with van der Waals surface area (Å²) < 4.78 is 0. The van der Waals surface area contributed by atoms with Crippen molar-refractivity contribution in [3.63, 3.8) is 0 Å². The second kappa shape index (κ2) is 8.54. The van der Waals surface area contributed by atoms with Crippen molar-refractivity contribution >= 4 is 34.7 Å². The highest BCUT2D eigenvalue weighted by atomic mass is 16.2. The van der Waals surface area contributed by atoms with Crippen LogP contribution in [0.25, 0.3) is 11.0 Å². The zero-order valence-corrected chi connectivity index (χ0v) is 17.6. The minimum Gasteiger partial charge on any atom is -0.353 e. The Bertz CT molecular complexity index is 1240. The summed E-state index contributed by atoms with van der Waals surface area (Å²) in [6, 6.07) is 11.5. The van der Waals surface area contributed by atoms with E-state index in [4.69, 9.17) is 0 Å². The number of aromatic nitrogens is 2. The number of amides is 4. The van der Waals surface area contributed by atoms with Gasteiger partial charge in [-0.1, -0.05) is 12.1 Å². The highest BCUT2D eigenvalue weighted by Gasteiger charge is 2.36. The molecule has 2 aromatic carbocycles. The van der Waals surface area contributed by atoms with E-state index in [9.17, 15) is 19.2 Å². The minimum atomic E-state index is -0.487. The molecule has 0 saturated carbocycles. The smallest absolute Gasteiger partial charge is 0.262 e. The van der Waals surface area contributed by atoms with Crippen molar-refractivity contribution in [2.24, 2.45) is 0 Å². The van der Waals surface area contributed by atoms with E-state index in [1.54, 1.807) is 42.5 Å². The van der Waals surface area contributed by atoms with Crippen molar-refractivity contribution in [1.29, 1.82) is 0 Å². The maximum atomic E-state index is 12.4. The molecule has 0 saturated heterocycles. The van der Waals surface area contributed by atoms with Crippen LogP contribution in [0.4, 0.5) is 0 Å². The molecular weight excluding hydrogens is 410 g/mol. The van der Waals surface area contributed by atoms with Crippen LogP contribution < -0.4 is 10.6 Å². The summed E-state index contributed by atoms with van der Waals surface area (Å²) in [7, 11) is 0. The predicted octanol–water partition coefficient (Wildman–Crippen LogP) is 1.39. The fraction of sp³-hybridized carbons (Fsp3) is 0.217. The lowest BCUT2D eigenvalue weighted by molar-refractivity contribution is -0.121. The Balaban J connectivity index is 1.27. The lowest BCUT2D eigenvalue weighted by atomic mass is 10.1. The fourth-order valence-corrected chi connectivity index (χ4v) is 3.43. The Hall–Kier alpha value is -4.14. The van der Waals surface area contributed by atoms with Gasteiger partial charge in [0.15, 0.2) is 0 Å². The first-order valence-corrected chi connectivity index (χ1v) is 10.1. The normalized spacial score (nSPS) is 12.8. The quantitative estimate of drug-likeness (QED) is 0.449. The number of fused-ring (bicyclic) bond motifs is 2. The van der Waals surface area contributed by atoms with E-state index in [0.717, 1.165) is 16.3 Å². The average molecular weight is 431 g/mol. The standard InChI is InChI=1S/C23H21N5O4/c1-13-14(2)27-19-11-15(7-8-18(19)26-13)21(30)25-10-9-24-20(29)12-28-22(31)16-5-3-4-6-17(16)23(28)32/h3-8,11H,9-10,12H2,1-2H3,(H,24,29)(H,25,30). The van der Waals surface area contributed by atoms with Gasteiger partial charge in [0.2, 0.25) is 5.91 Å². The van der Waals surface area contributed by atoms with Gasteiger partial charge in [-0.2, -0.15) is 0 Å². The third-order valence-electron chi connectivity index (χ3n) is 5.25. The van der Waals surface area contributed by atoms with Crippen LogP contribution in [0, 0.1) is 13.8 Å². The SMILES string of the molecule is Cc1nc2ccc(C(=O)NCCNC(=O)CN3C(=O)c4ccccc4C3=O)cc2nc1C. The maximum absolute atomic E-state index is 12.4. The molecule has 3 aromatic rings. The van der Waals surface area contributed by atoms with E-state index in [0.29, 0.717) is 27.7 Å². The molecule has 9 heteroatoms. The summed E-state index contributed by atoms with van der Waals surface area (Å²) in [5.41, 5.74) is 4.01. The number of benzene rings is 2. The number of nitrogens with one attached hydrogen (secondary N) is 2. The van der Waals surface area contributed by atoms with Crippen LogP contribution in [-0.4, -0.2) is 58.1 Å². The van der Waals surface area contributed by atoms with Gasteiger partial charge in [-0.15, -0.1) is 0 Å². The second-order valence-electron chi connectivity index (χ2n) is 7.45. The predicted molar refractivity (Wildman–Crippen MR) is 116 cm³/mol. The zero-order chi connectivity index (χ0) is 22.8. The summed E-state index contributed by atoms with van der Waals surface area (Å²) in [4.78, 5) is 59.0. The maximum Gasteiger partial charge on any atom is 0.262 e. The number of carbonyl (C=O) groups is 4. The van der Waals surface area contributed by atoms with Crippen LogP contribution in [0.1, 0.15) is 42.5 Å². The van der Waals surface area contributed by atoms with Crippen LogP contribution in [0.5, 0.6) is 0 Å². The van der Waals surface area contributed by atoms with Gasteiger partial charge in [-0.25, -0.2) is 9.97 Å². The largest absolute Gasteiger partial charge is 0.353 e. The molecule has 0 unspecified atom stereocenters. The van der Waals surface area contributed by atoms with Gasteiger partial charge >= 0.3 is 0 Å². The molecule has 0 spiro atoms. The highest BCUT2D eigenvalue weighted by Crippen LogP contribution is 2.21. The van der Waals surface area contributed by atoms with Crippen LogP contribution in [0.15, 0.2) is 42.5 Å². The summed E-state index contributed by atoms with van der Waals surface area (Å²) in [6.07, 6.45) is 0. The molecule has 0 fully saturated rings. The van der Waals surface area contributed by atoms with Gasteiger partial charge in [-0.05, 0) is 44.2 Å². The first kappa shape index (κ1) is 21.1. The highest BCUT2D eigenvalue weighted by molar-refractivity contribution is 6.22. The van der Waals surface area contributed by atoms with Crippen molar-refractivity contribution in [3.05, 3.63) is 70.5 Å². The molecule has 0 atom stereocenters. The third kappa shape index (κ3) is 4.04. The van der Waals surface area contributed by atoms with Crippen molar-refractivity contribution < 1.29 is 19.2 Å². The van der Waals surface area contributed by atoms with Crippen molar-refractivity contribution in [3.8, 4) is 0 Å². The molecule has 1 aliphatic heterocycles. The first-order valence-electron chi connectivity index (χ1n) is 10.1. The monoisotopic (exact) mass is 431 g/mol. The molecule has 9 nitrogen and oxygen atoms in total. The molecule has 1 aliphatic rings. The number of aryl methyl sites for hydroxylation is 2. The Morgan fingerprint density at radius 3 is 2.09 bits per heavy atom. The number of hydrogen-bond acceptors (Lipinski definition) is 6. The van der Waals surface area contributed by atoms with Crippen molar-refractivity contribution in [2.75, 3.05) is 19.6 Å². The van der Waals surface area contributed by atoms with Gasteiger partial charge in [0.1, 0.15) is 6.54 Å². The minimum absolute atomic E-state index is 0.152. The lowest BCUT2D eigenvalue weighted by Gasteiger charge is -2.14. The molecule has 1 aromatic heterocycles. The Labute approximate surface area is 183 Å². The fourth-order valence-electron chi connectivity index (χ4n) is 3.43. The number of nitrogens with zero attached hydrogens (tertiary/aromatic N) is 3. The van der Waals surface area contributed by atoms with E-state index in [-0.39, 0.29) is 25.5 Å². The molecule has 2 N–H and O–H groups in total. The molecule has 32 heavy (non-hydrogen) atoms. The van der Waals surface area contributed by atoms with Crippen LogP contribution in [-0.2, 0) is 4.79 Å². The number of carbonyl (C=O) groups excluding carboxylic acids is 4. The molecule has 0 bridgehead atoms. The van der Waals surface area contributed by atoms with Crippen molar-refractivity contribution in [1.82, 2.24) is 25.5 Å². The van der Waals surface area contributed by atoms with E-state index < -0.39 is 17.7 Å². The van der Waals surface area contributed by atoms with Gasteiger partial charge in [0.05, 0.1) is 33.5 Å². The zero-order valence-electron chi connectivity index (χ0n) is 17.6. The number of imide groups is 1. The van der Waals surface area contributed by atoms with Crippen LogP contribution in [0.2, 0.25) is 0 Å². The Kier molecular flexibility index (Phi) is 5.63. The van der Waals surface area contributed by atoms with Gasteiger partial charge in [0.25, 0.3) is 17.7 Å². The van der Waals surface area contributed by atoms with Crippen LogP contribution in [0.3, 0.4) is 0 Å². The average Bonchev–Trinajstić information content (AvgIpc) is 3.02. The second-order valence-corrected chi connectivity index (χ2v) is 7.45. The van der Waals surface area contributed by atoms with E-state index in [2.05, 4.69) is 20.6 Å². The van der Waals surface area contributed by atoms with Gasteiger partial charge in [-0.3, -0.25) is 24.1 Å². The first-order chi connectivity index (χ1) is 15.3. The summed E-state index contributed by atoms with van der Waals surface area (Å²) >= 11 is 0. The van der Waals surface area contributed by atoms with E-state index in [1.807, 2.05) is 13.8 Å². The summed E-state index contributed by atoms with van der Waals surface area (Å²) in [5.74, 6) is -1.76. The van der Waals surface area contributed by atoms with E-state index >= 15 is 0 Å². The molecular formula is C23H21N5O4. The van der Waals surface area contributed by atoms with Crippen molar-refractivity contribution in [2.45, 2.75) is 13.8 Å². The number of hydrogen-bond donors (Lipinski definition) is 2. The molecule has 0 radical (unpaired) electrons. The Morgan fingerprint density at radius 2 is 1.44 bits per heavy atom. The topological polar surface area (TPSA) is 121 Å². The summed E-state index contributed by atoms with van der Waals surface area (Å²) in [5, 5.41) is 5.33. The van der Waals surface area contributed by atoms with Crippen LogP contribution >= 0.6 is 0 Å². The molecule has 0 aliphatic carbocycles. The summed E-state index contributed by atoms with van der Waals surface area (Å²) in [6.45, 7) is 3.70. The lowest BCUT2D eigenvalue weighted by Crippen LogP contribution is -2.42. The molecule has 4 amide bonds. The molecule has 4 rings (SSSR count). The number of rotatable bonds is 6. The molecule has 2 heterocycles. The van der Waals surface area contributed by atoms with E-state index in [1.165, 1.54) is 0 Å². The Morgan fingerprint density at radius 1 is 0.844 bits per heavy atom.